The van der Waals surface area contributed by atoms with Crippen LogP contribution in [0.5, 0.6) is 11.5 Å². The van der Waals surface area contributed by atoms with Gasteiger partial charge in [0.1, 0.15) is 18.1 Å². The minimum Gasteiger partial charge on any atom is -0.495 e. The fourth-order valence-corrected chi connectivity index (χ4v) is 2.84. The highest BCUT2D eigenvalue weighted by Gasteiger charge is 2.09. The summed E-state index contributed by atoms with van der Waals surface area (Å²) in [7, 11) is 0.382. The number of ether oxygens (including phenoxy) is 2. The van der Waals surface area contributed by atoms with Crippen LogP contribution in [0.3, 0.4) is 0 Å². The largest absolute Gasteiger partial charge is 0.495 e. The lowest BCUT2D eigenvalue weighted by atomic mass is 10.2. The summed E-state index contributed by atoms with van der Waals surface area (Å²) in [4.78, 5) is 0.670. The van der Waals surface area contributed by atoms with E-state index in [9.17, 15) is 4.21 Å². The third-order valence-corrected chi connectivity index (χ3v) is 4.20. The first-order valence-electron chi connectivity index (χ1n) is 6.39. The Kier molecular flexibility index (Phi) is 5.35. The normalized spacial score (nSPS) is 11.4. The molecule has 0 bridgehead atoms. The number of methoxy groups -OCH3 is 1. The van der Waals surface area contributed by atoms with Gasteiger partial charge < -0.3 is 9.47 Å². The first-order valence-corrected chi connectivity index (χ1v) is 7.71. The SMILES string of the molecule is COc1ccccc1S(=O)CCOc1ccc(C#N)cc1. The molecule has 0 saturated carbocycles. The summed E-state index contributed by atoms with van der Waals surface area (Å²) < 4.78 is 22.9. The molecule has 4 nitrogen and oxygen atoms in total. The van der Waals surface area contributed by atoms with Gasteiger partial charge in [0.25, 0.3) is 0 Å². The predicted molar refractivity (Wildman–Crippen MR) is 80.9 cm³/mol. The van der Waals surface area contributed by atoms with Crippen molar-refractivity contribution in [2.24, 2.45) is 0 Å². The molecule has 1 atom stereocenters. The van der Waals surface area contributed by atoms with E-state index in [0.717, 1.165) is 0 Å². The molecule has 5 heteroatoms. The first kappa shape index (κ1) is 15.1. The summed E-state index contributed by atoms with van der Waals surface area (Å²) in [5.41, 5.74) is 0.583. The van der Waals surface area contributed by atoms with Gasteiger partial charge in [0.05, 0.1) is 40.2 Å². The number of rotatable bonds is 6. The minimum atomic E-state index is -1.18. The third-order valence-electron chi connectivity index (χ3n) is 2.84. The summed E-state index contributed by atoms with van der Waals surface area (Å²) in [6, 6.07) is 16.1. The van der Waals surface area contributed by atoms with Gasteiger partial charge in [-0.25, -0.2) is 0 Å². The van der Waals surface area contributed by atoms with Gasteiger partial charge in [0.2, 0.25) is 0 Å². The highest BCUT2D eigenvalue weighted by molar-refractivity contribution is 7.85. The molecule has 108 valence electrons. The van der Waals surface area contributed by atoms with Crippen LogP contribution in [0, 0.1) is 11.3 Å². The van der Waals surface area contributed by atoms with Crippen molar-refractivity contribution in [1.29, 1.82) is 5.26 Å². The summed E-state index contributed by atoms with van der Waals surface area (Å²) >= 11 is 0. The van der Waals surface area contributed by atoms with E-state index in [-0.39, 0.29) is 0 Å². The summed E-state index contributed by atoms with van der Waals surface area (Å²) in [5, 5.41) is 8.71. The maximum Gasteiger partial charge on any atom is 0.134 e. The standard InChI is InChI=1S/C16H15NO3S/c1-19-15-4-2-3-5-16(15)21(18)11-10-20-14-8-6-13(12-17)7-9-14/h2-9H,10-11H2,1H3. The first-order chi connectivity index (χ1) is 10.2. The van der Waals surface area contributed by atoms with E-state index < -0.39 is 10.8 Å². The highest BCUT2D eigenvalue weighted by Crippen LogP contribution is 2.21. The van der Waals surface area contributed by atoms with E-state index in [0.29, 0.717) is 34.3 Å². The Labute approximate surface area is 126 Å². The molecular formula is C16H15NO3S. The monoisotopic (exact) mass is 301 g/mol. The second-order valence-corrected chi connectivity index (χ2v) is 5.72. The van der Waals surface area contributed by atoms with Crippen LogP contribution in [0.15, 0.2) is 53.4 Å². The molecule has 0 amide bonds. The number of nitrogens with zero attached hydrogens (tertiary/aromatic N) is 1. The van der Waals surface area contributed by atoms with Gasteiger partial charge in [-0.15, -0.1) is 0 Å². The molecule has 0 spiro atoms. The molecule has 0 N–H and O–H groups in total. The van der Waals surface area contributed by atoms with Crippen LogP contribution >= 0.6 is 0 Å². The van der Waals surface area contributed by atoms with E-state index in [2.05, 4.69) is 0 Å². The van der Waals surface area contributed by atoms with Gasteiger partial charge in [-0.3, -0.25) is 4.21 Å². The lowest BCUT2D eigenvalue weighted by Crippen LogP contribution is -2.09. The Balaban J connectivity index is 1.90. The molecule has 0 fully saturated rings. The Bertz CT molecular complexity index is 662. The van der Waals surface area contributed by atoms with E-state index in [1.807, 2.05) is 18.2 Å². The number of hydrogen-bond acceptors (Lipinski definition) is 4. The van der Waals surface area contributed by atoms with Crippen molar-refractivity contribution >= 4 is 10.8 Å². The van der Waals surface area contributed by atoms with Crippen molar-refractivity contribution in [3.8, 4) is 17.6 Å². The van der Waals surface area contributed by atoms with Gasteiger partial charge in [-0.2, -0.15) is 5.26 Å². The van der Waals surface area contributed by atoms with Gasteiger partial charge in [0, 0.05) is 0 Å². The van der Waals surface area contributed by atoms with Crippen LogP contribution in [0.25, 0.3) is 0 Å². The van der Waals surface area contributed by atoms with Crippen LogP contribution in [0.1, 0.15) is 5.56 Å². The van der Waals surface area contributed by atoms with Crippen molar-refractivity contribution in [2.45, 2.75) is 4.90 Å². The van der Waals surface area contributed by atoms with Crippen LogP contribution in [0.4, 0.5) is 0 Å². The zero-order valence-corrected chi connectivity index (χ0v) is 12.4. The molecule has 21 heavy (non-hydrogen) atoms. The van der Waals surface area contributed by atoms with Crippen LogP contribution in [-0.2, 0) is 10.8 Å². The Morgan fingerprint density at radius 3 is 2.52 bits per heavy atom. The average molecular weight is 301 g/mol. The van der Waals surface area contributed by atoms with Crippen molar-refractivity contribution in [3.05, 3.63) is 54.1 Å². The summed E-state index contributed by atoms with van der Waals surface area (Å²) in [6.07, 6.45) is 0. The molecule has 0 aliphatic rings. The molecule has 0 radical (unpaired) electrons. The molecule has 0 aliphatic carbocycles. The quantitative estimate of drug-likeness (QED) is 0.823. The van der Waals surface area contributed by atoms with Crippen molar-refractivity contribution < 1.29 is 13.7 Å². The van der Waals surface area contributed by atoms with E-state index in [1.165, 1.54) is 0 Å². The second-order valence-electron chi connectivity index (χ2n) is 4.19. The third kappa shape index (κ3) is 4.07. The number of benzene rings is 2. The minimum absolute atomic E-state index is 0.330. The molecule has 2 aromatic rings. The van der Waals surface area contributed by atoms with Crippen molar-refractivity contribution in [1.82, 2.24) is 0 Å². The highest BCUT2D eigenvalue weighted by atomic mass is 32.2. The van der Waals surface area contributed by atoms with Gasteiger partial charge in [0.15, 0.2) is 0 Å². The zero-order chi connectivity index (χ0) is 15.1. The predicted octanol–water partition coefficient (Wildman–Crippen LogP) is 2.75. The van der Waals surface area contributed by atoms with Gasteiger partial charge >= 0.3 is 0 Å². The summed E-state index contributed by atoms with van der Waals surface area (Å²) in [5.74, 6) is 1.65. The molecule has 0 aliphatic heterocycles. The van der Waals surface area contributed by atoms with E-state index in [1.54, 1.807) is 43.5 Å². The fraction of sp³-hybridized carbons (Fsp3) is 0.188. The number of hydrogen-bond donors (Lipinski definition) is 0. The fourth-order valence-electron chi connectivity index (χ4n) is 1.78. The summed E-state index contributed by atoms with van der Waals surface area (Å²) in [6.45, 7) is 0.330. The van der Waals surface area contributed by atoms with E-state index >= 15 is 0 Å². The van der Waals surface area contributed by atoms with Gasteiger partial charge in [-0.1, -0.05) is 12.1 Å². The zero-order valence-electron chi connectivity index (χ0n) is 11.6. The van der Waals surface area contributed by atoms with Crippen molar-refractivity contribution in [2.75, 3.05) is 19.5 Å². The second kappa shape index (κ2) is 7.46. The van der Waals surface area contributed by atoms with E-state index in [4.69, 9.17) is 14.7 Å². The molecule has 1 unspecified atom stereocenters. The van der Waals surface area contributed by atoms with Crippen molar-refractivity contribution in [3.63, 3.8) is 0 Å². The average Bonchev–Trinajstić information content (AvgIpc) is 2.55. The molecule has 0 saturated heterocycles. The number of para-hydroxylation sites is 1. The lowest BCUT2D eigenvalue weighted by molar-refractivity contribution is 0.342. The smallest absolute Gasteiger partial charge is 0.134 e. The Hall–Kier alpha value is -2.32. The molecule has 2 rings (SSSR count). The van der Waals surface area contributed by atoms with Crippen LogP contribution in [-0.4, -0.2) is 23.7 Å². The molecular weight excluding hydrogens is 286 g/mol. The Morgan fingerprint density at radius 2 is 1.86 bits per heavy atom. The van der Waals surface area contributed by atoms with Crippen LogP contribution < -0.4 is 9.47 Å². The number of nitriles is 1. The topological polar surface area (TPSA) is 59.3 Å². The molecule has 0 aromatic heterocycles. The van der Waals surface area contributed by atoms with Crippen LogP contribution in [0.2, 0.25) is 0 Å². The molecule has 0 heterocycles. The van der Waals surface area contributed by atoms with Gasteiger partial charge in [-0.05, 0) is 36.4 Å². The maximum atomic E-state index is 12.2. The Morgan fingerprint density at radius 1 is 1.14 bits per heavy atom. The lowest BCUT2D eigenvalue weighted by Gasteiger charge is -2.09. The maximum absolute atomic E-state index is 12.2. The molecule has 2 aromatic carbocycles.